The van der Waals surface area contributed by atoms with E-state index in [0.29, 0.717) is 12.1 Å². The minimum Gasteiger partial charge on any atom is -0.319 e. The number of likely N-dealkylation sites (N-methyl/N-ethyl adjacent to an activating group) is 1. The Balaban J connectivity index is 1.61. The van der Waals surface area contributed by atoms with Crippen LogP contribution in [-0.2, 0) is 21.5 Å². The summed E-state index contributed by atoms with van der Waals surface area (Å²) in [4.78, 5) is 41.3. The normalized spacial score (nSPS) is 21.2. The topological polar surface area (TPSA) is 69.7 Å². The number of amides is 4. The Kier molecular flexibility index (Phi) is 4.63. The first-order valence-electron chi connectivity index (χ1n) is 9.57. The molecule has 28 heavy (non-hydrogen) atoms. The van der Waals surface area contributed by atoms with Gasteiger partial charge >= 0.3 is 6.03 Å². The molecule has 0 radical (unpaired) electrons. The van der Waals surface area contributed by atoms with Gasteiger partial charge in [-0.05, 0) is 48.9 Å². The smallest absolute Gasteiger partial charge is 0.319 e. The van der Waals surface area contributed by atoms with Gasteiger partial charge in [-0.3, -0.25) is 14.5 Å². The first kappa shape index (κ1) is 18.2. The predicted molar refractivity (Wildman–Crippen MR) is 106 cm³/mol. The number of hydrogen-bond acceptors (Lipinski definition) is 3. The second-order valence-corrected chi connectivity index (χ2v) is 7.38. The molecular weight excluding hydrogens is 354 g/mol. The SMILES string of the molecule is CN(C(=O)CN1C(=O)NC2(CCCCc3ccccc32)C1=O)c1ccccc1. The van der Waals surface area contributed by atoms with Crippen LogP contribution in [0, 0.1) is 0 Å². The molecule has 0 aromatic heterocycles. The van der Waals surface area contributed by atoms with E-state index in [0.717, 1.165) is 35.3 Å². The number of nitrogens with zero attached hydrogens (tertiary/aromatic N) is 2. The van der Waals surface area contributed by atoms with Gasteiger partial charge in [-0.1, -0.05) is 42.5 Å². The van der Waals surface area contributed by atoms with Gasteiger partial charge in [0.05, 0.1) is 0 Å². The van der Waals surface area contributed by atoms with Gasteiger partial charge in [-0.25, -0.2) is 4.79 Å². The molecule has 1 aliphatic heterocycles. The third-order valence-electron chi connectivity index (χ3n) is 5.71. The van der Waals surface area contributed by atoms with E-state index in [1.165, 1.54) is 4.90 Å². The van der Waals surface area contributed by atoms with Crippen LogP contribution in [0.1, 0.15) is 30.4 Å². The van der Waals surface area contributed by atoms with Crippen molar-refractivity contribution in [3.63, 3.8) is 0 Å². The molecule has 1 fully saturated rings. The van der Waals surface area contributed by atoms with Crippen molar-refractivity contribution in [1.29, 1.82) is 0 Å². The lowest BCUT2D eigenvalue weighted by Gasteiger charge is -2.27. The van der Waals surface area contributed by atoms with Gasteiger partial charge in [0.2, 0.25) is 5.91 Å². The molecule has 4 amide bonds. The number of anilines is 1. The van der Waals surface area contributed by atoms with Crippen molar-refractivity contribution in [2.24, 2.45) is 0 Å². The Morgan fingerprint density at radius 3 is 2.57 bits per heavy atom. The molecule has 1 heterocycles. The largest absolute Gasteiger partial charge is 0.325 e. The van der Waals surface area contributed by atoms with E-state index in [2.05, 4.69) is 5.32 Å². The summed E-state index contributed by atoms with van der Waals surface area (Å²) in [7, 11) is 1.65. The van der Waals surface area contributed by atoms with Gasteiger partial charge in [-0.2, -0.15) is 0 Å². The lowest BCUT2D eigenvalue weighted by Crippen LogP contribution is -2.45. The molecule has 2 aromatic rings. The molecule has 6 heteroatoms. The van der Waals surface area contributed by atoms with Crippen LogP contribution in [-0.4, -0.2) is 36.3 Å². The summed E-state index contributed by atoms with van der Waals surface area (Å²) in [5.74, 6) is -0.643. The van der Waals surface area contributed by atoms with Crippen LogP contribution in [0.25, 0.3) is 0 Å². The molecule has 1 N–H and O–H groups in total. The minimum absolute atomic E-state index is 0.278. The zero-order valence-corrected chi connectivity index (χ0v) is 15.9. The standard InChI is InChI=1S/C22H23N3O3/c1-24(17-11-3-2-4-12-17)19(26)15-25-20(27)22(23-21(25)28)14-8-7-10-16-9-5-6-13-18(16)22/h2-6,9,11-13H,7-8,10,14-15H2,1H3,(H,23,28). The van der Waals surface area contributed by atoms with Gasteiger partial charge in [0.1, 0.15) is 12.1 Å². The van der Waals surface area contributed by atoms with Gasteiger partial charge in [0.15, 0.2) is 0 Å². The molecule has 2 aliphatic rings. The zero-order valence-electron chi connectivity index (χ0n) is 15.9. The maximum Gasteiger partial charge on any atom is 0.325 e. The molecular formula is C22H23N3O3. The molecule has 1 unspecified atom stereocenters. The van der Waals surface area contributed by atoms with Crippen LogP contribution < -0.4 is 10.2 Å². The highest BCUT2D eigenvalue weighted by Crippen LogP contribution is 2.38. The van der Waals surface area contributed by atoms with E-state index in [1.807, 2.05) is 54.6 Å². The summed E-state index contributed by atoms with van der Waals surface area (Å²) < 4.78 is 0. The van der Waals surface area contributed by atoms with E-state index in [9.17, 15) is 14.4 Å². The second kappa shape index (κ2) is 7.11. The van der Waals surface area contributed by atoms with Crippen molar-refractivity contribution < 1.29 is 14.4 Å². The lowest BCUT2D eigenvalue weighted by molar-refractivity contribution is -0.134. The van der Waals surface area contributed by atoms with Crippen molar-refractivity contribution in [3.8, 4) is 0 Å². The highest BCUT2D eigenvalue weighted by atomic mass is 16.2. The fraction of sp³-hybridized carbons (Fsp3) is 0.318. The first-order chi connectivity index (χ1) is 13.5. The Labute approximate surface area is 164 Å². The third-order valence-corrected chi connectivity index (χ3v) is 5.71. The average Bonchev–Trinajstić information content (AvgIpc) is 2.86. The molecule has 1 atom stereocenters. The number of rotatable bonds is 3. The van der Waals surface area contributed by atoms with Crippen LogP contribution in [0.4, 0.5) is 10.5 Å². The van der Waals surface area contributed by atoms with Crippen molar-refractivity contribution in [1.82, 2.24) is 10.2 Å². The van der Waals surface area contributed by atoms with Gasteiger partial charge < -0.3 is 10.2 Å². The monoisotopic (exact) mass is 377 g/mol. The summed E-state index contributed by atoms with van der Waals surface area (Å²) in [6, 6.07) is 16.4. The quantitative estimate of drug-likeness (QED) is 0.837. The number of carbonyl (C=O) groups excluding carboxylic acids is 3. The summed E-state index contributed by atoms with van der Waals surface area (Å²) in [5, 5.41) is 2.92. The Bertz CT molecular complexity index is 928. The Morgan fingerprint density at radius 2 is 1.79 bits per heavy atom. The third kappa shape index (κ3) is 2.95. The van der Waals surface area contributed by atoms with Crippen molar-refractivity contribution >= 4 is 23.5 Å². The van der Waals surface area contributed by atoms with E-state index < -0.39 is 11.6 Å². The van der Waals surface area contributed by atoms with E-state index >= 15 is 0 Å². The predicted octanol–water partition coefficient (Wildman–Crippen LogP) is 2.82. The molecule has 1 aliphatic carbocycles. The molecule has 0 saturated carbocycles. The number of para-hydroxylation sites is 1. The highest BCUT2D eigenvalue weighted by Gasteiger charge is 2.53. The summed E-state index contributed by atoms with van der Waals surface area (Å²) in [6.45, 7) is -0.278. The maximum absolute atomic E-state index is 13.4. The minimum atomic E-state index is -1.06. The average molecular weight is 377 g/mol. The van der Waals surface area contributed by atoms with Crippen molar-refractivity contribution in [3.05, 3.63) is 65.7 Å². The van der Waals surface area contributed by atoms with E-state index in [-0.39, 0.29) is 18.4 Å². The molecule has 2 aromatic carbocycles. The second-order valence-electron chi connectivity index (χ2n) is 7.38. The summed E-state index contributed by atoms with van der Waals surface area (Å²) in [5.41, 5.74) is 1.60. The van der Waals surface area contributed by atoms with Crippen LogP contribution in [0.2, 0.25) is 0 Å². The van der Waals surface area contributed by atoms with E-state index in [1.54, 1.807) is 7.05 Å². The van der Waals surface area contributed by atoms with Gasteiger partial charge in [0, 0.05) is 12.7 Å². The number of imide groups is 1. The Hall–Kier alpha value is -3.15. The number of carbonyl (C=O) groups is 3. The Morgan fingerprint density at radius 1 is 1.07 bits per heavy atom. The molecule has 1 spiro atoms. The van der Waals surface area contributed by atoms with Crippen LogP contribution in [0.3, 0.4) is 0 Å². The number of hydrogen-bond donors (Lipinski definition) is 1. The van der Waals surface area contributed by atoms with Gasteiger partial charge in [-0.15, -0.1) is 0 Å². The lowest BCUT2D eigenvalue weighted by atomic mass is 9.84. The highest BCUT2D eigenvalue weighted by molar-refractivity contribution is 6.10. The molecule has 0 bridgehead atoms. The summed E-state index contributed by atoms with van der Waals surface area (Å²) in [6.07, 6.45) is 3.24. The first-order valence-corrected chi connectivity index (χ1v) is 9.57. The summed E-state index contributed by atoms with van der Waals surface area (Å²) >= 11 is 0. The molecule has 6 nitrogen and oxygen atoms in total. The van der Waals surface area contributed by atoms with Crippen LogP contribution in [0.15, 0.2) is 54.6 Å². The molecule has 4 rings (SSSR count). The van der Waals surface area contributed by atoms with Crippen LogP contribution in [0.5, 0.6) is 0 Å². The van der Waals surface area contributed by atoms with Crippen molar-refractivity contribution in [2.45, 2.75) is 31.2 Å². The fourth-order valence-corrected chi connectivity index (χ4v) is 4.15. The fourth-order valence-electron chi connectivity index (χ4n) is 4.15. The van der Waals surface area contributed by atoms with E-state index in [4.69, 9.17) is 0 Å². The van der Waals surface area contributed by atoms with Crippen molar-refractivity contribution in [2.75, 3.05) is 18.5 Å². The number of nitrogens with one attached hydrogen (secondary N) is 1. The number of urea groups is 1. The number of benzene rings is 2. The molecule has 1 saturated heterocycles. The van der Waals surface area contributed by atoms with Gasteiger partial charge in [0.25, 0.3) is 5.91 Å². The van der Waals surface area contributed by atoms with Crippen LogP contribution >= 0.6 is 0 Å². The zero-order chi connectivity index (χ0) is 19.7. The molecule has 144 valence electrons. The maximum atomic E-state index is 13.4. The number of fused-ring (bicyclic) bond motifs is 2. The number of aryl methyl sites for hydroxylation is 1.